The molecule has 242 valence electrons. The maximum atomic E-state index is 14.3. The highest BCUT2D eigenvalue weighted by Gasteiger charge is 2.56. The fourth-order valence-corrected chi connectivity index (χ4v) is 7.69. The van der Waals surface area contributed by atoms with Crippen LogP contribution in [0, 0.1) is 18.8 Å². The normalized spacial score (nSPS) is 24.8. The molecule has 4 heterocycles. The van der Waals surface area contributed by atoms with E-state index in [0.717, 1.165) is 12.1 Å². The van der Waals surface area contributed by atoms with Crippen LogP contribution in [0.15, 0.2) is 46.1 Å². The van der Waals surface area contributed by atoms with Crippen LogP contribution < -0.4 is 15.6 Å². The van der Waals surface area contributed by atoms with E-state index in [4.69, 9.17) is 4.74 Å². The zero-order valence-corrected chi connectivity index (χ0v) is 26.9. The van der Waals surface area contributed by atoms with Crippen molar-refractivity contribution in [1.29, 1.82) is 0 Å². The van der Waals surface area contributed by atoms with Gasteiger partial charge in [0, 0.05) is 54.6 Å². The number of allylic oxidation sites excluding steroid dienone is 4. The van der Waals surface area contributed by atoms with Crippen LogP contribution in [0.1, 0.15) is 80.6 Å². The number of carbonyl (C=O) groups excluding carboxylic acids is 4. The van der Waals surface area contributed by atoms with E-state index in [9.17, 15) is 34.2 Å². The number of nitrogens with zero attached hydrogens (tertiary/aromatic N) is 2. The second-order valence-electron chi connectivity index (χ2n) is 13.7. The van der Waals surface area contributed by atoms with Gasteiger partial charge in [-0.25, -0.2) is 0 Å². The maximum Gasteiger partial charge on any atom is 0.250 e. The summed E-state index contributed by atoms with van der Waals surface area (Å²) >= 11 is 0. The lowest BCUT2D eigenvalue weighted by Gasteiger charge is -2.44. The monoisotopic (exact) mass is 629 g/mol. The predicted molar refractivity (Wildman–Crippen MR) is 168 cm³/mol. The minimum absolute atomic E-state index is 0.0103. The van der Waals surface area contributed by atoms with E-state index in [2.05, 4.69) is 5.32 Å². The molecule has 1 saturated heterocycles. The van der Waals surface area contributed by atoms with Crippen LogP contribution in [0.2, 0.25) is 0 Å². The molecule has 11 nitrogen and oxygen atoms in total. The Labute approximate surface area is 266 Å². The van der Waals surface area contributed by atoms with Gasteiger partial charge in [-0.1, -0.05) is 19.9 Å². The van der Waals surface area contributed by atoms with Gasteiger partial charge in [0.1, 0.15) is 40.0 Å². The number of fused-ring (bicyclic) bond motifs is 7. The first-order chi connectivity index (χ1) is 21.6. The maximum absolute atomic E-state index is 14.3. The van der Waals surface area contributed by atoms with Crippen LogP contribution in [0.5, 0.6) is 17.2 Å². The Kier molecular flexibility index (Phi) is 7.48. The summed E-state index contributed by atoms with van der Waals surface area (Å²) in [7, 11) is 0. The Bertz CT molecular complexity index is 1850. The summed E-state index contributed by atoms with van der Waals surface area (Å²) in [5.41, 5.74) is -0.865. The van der Waals surface area contributed by atoms with Gasteiger partial charge in [-0.05, 0) is 58.4 Å². The molecular weight excluding hydrogens is 590 g/mol. The molecule has 1 aliphatic carbocycles. The van der Waals surface area contributed by atoms with E-state index < -0.39 is 40.3 Å². The van der Waals surface area contributed by atoms with Crippen LogP contribution >= 0.6 is 0 Å². The summed E-state index contributed by atoms with van der Waals surface area (Å²) in [5, 5.41) is 25.0. The number of ether oxygens (including phenoxy) is 1. The Balaban J connectivity index is 1.34. The van der Waals surface area contributed by atoms with Crippen molar-refractivity contribution in [1.82, 2.24) is 14.8 Å². The molecule has 46 heavy (non-hydrogen) atoms. The third-order valence-electron chi connectivity index (χ3n) is 9.95. The van der Waals surface area contributed by atoms with Crippen molar-refractivity contribution < 1.29 is 34.1 Å². The molecule has 2 bridgehead atoms. The number of carbonyl (C=O) groups is 4. The number of amides is 1. The van der Waals surface area contributed by atoms with E-state index in [1.807, 2.05) is 29.4 Å². The number of pyridine rings is 1. The molecule has 0 spiro atoms. The number of phenols is 2. The highest BCUT2D eigenvalue weighted by atomic mass is 16.5. The standard InChI is InChI=1S/C35H39N3O8/c1-16(2)10-22(34(45)37-13-20-11-21(15-37)23-8-7-9-26(41)38(23)14-20)36-18(4)27-24(40)12-25-35(6,33(27)44)29-31(43)17(3)30(42)28(19(5)39)32(29)46-25/h7-9,12,16,20-22,36,42-43H,10-11,13-15H2,1-6H3/t20?,21?,22-,35-/m0/s1. The molecule has 1 aromatic heterocycles. The van der Waals surface area contributed by atoms with Crippen LogP contribution in [0.3, 0.4) is 0 Å². The minimum atomic E-state index is -1.65. The van der Waals surface area contributed by atoms with Gasteiger partial charge in [0.2, 0.25) is 5.91 Å². The van der Waals surface area contributed by atoms with E-state index in [0.29, 0.717) is 26.1 Å². The van der Waals surface area contributed by atoms with Gasteiger partial charge >= 0.3 is 0 Å². The Morgan fingerprint density at radius 2 is 1.80 bits per heavy atom. The lowest BCUT2D eigenvalue weighted by molar-refractivity contribution is -0.136. The van der Waals surface area contributed by atoms with E-state index in [1.165, 1.54) is 26.8 Å². The van der Waals surface area contributed by atoms with Crippen LogP contribution in [0.25, 0.3) is 0 Å². The topological polar surface area (TPSA) is 155 Å². The van der Waals surface area contributed by atoms with E-state index in [-0.39, 0.29) is 68.7 Å². The number of likely N-dealkylation sites (tertiary alicyclic amines) is 1. The van der Waals surface area contributed by atoms with E-state index >= 15 is 0 Å². The summed E-state index contributed by atoms with van der Waals surface area (Å²) in [5.74, 6) is -2.73. The van der Waals surface area contributed by atoms with Gasteiger partial charge in [-0.15, -0.1) is 0 Å². The van der Waals surface area contributed by atoms with Gasteiger partial charge in [0.15, 0.2) is 17.3 Å². The number of aromatic hydroxyl groups is 2. The highest BCUT2D eigenvalue weighted by Crippen LogP contribution is 2.57. The zero-order chi connectivity index (χ0) is 33.4. The lowest BCUT2D eigenvalue weighted by atomic mass is 9.70. The number of hydrogen-bond acceptors (Lipinski definition) is 9. The third kappa shape index (κ3) is 4.66. The average Bonchev–Trinajstić information content (AvgIpc) is 3.28. The lowest BCUT2D eigenvalue weighted by Crippen LogP contribution is -2.54. The summed E-state index contributed by atoms with van der Waals surface area (Å²) in [4.78, 5) is 68.7. The van der Waals surface area contributed by atoms with Gasteiger partial charge in [-0.3, -0.25) is 24.0 Å². The molecule has 2 aromatic rings. The van der Waals surface area contributed by atoms with Crippen molar-refractivity contribution in [2.75, 3.05) is 13.1 Å². The van der Waals surface area contributed by atoms with Gasteiger partial charge in [-0.2, -0.15) is 0 Å². The first kappa shape index (κ1) is 31.3. The smallest absolute Gasteiger partial charge is 0.250 e. The Morgan fingerprint density at radius 1 is 1.09 bits per heavy atom. The molecule has 1 fully saturated rings. The fourth-order valence-electron chi connectivity index (χ4n) is 7.69. The number of ketones is 3. The molecule has 0 radical (unpaired) electrons. The quantitative estimate of drug-likeness (QED) is 0.248. The molecule has 3 N–H and O–H groups in total. The zero-order valence-electron chi connectivity index (χ0n) is 26.9. The first-order valence-corrected chi connectivity index (χ1v) is 15.7. The number of nitrogens with one attached hydrogen (secondary N) is 1. The van der Waals surface area contributed by atoms with Gasteiger partial charge in [0.05, 0.1) is 11.1 Å². The van der Waals surface area contributed by atoms with Crippen LogP contribution in [-0.4, -0.2) is 62.1 Å². The van der Waals surface area contributed by atoms with Gasteiger partial charge in [0.25, 0.3) is 5.56 Å². The molecule has 0 saturated carbocycles. The second-order valence-corrected chi connectivity index (χ2v) is 13.7. The number of piperidine rings is 1. The number of rotatable bonds is 6. The molecule has 2 unspecified atom stereocenters. The third-order valence-corrected chi connectivity index (χ3v) is 9.95. The number of Topliss-reactive ketones (excluding diaryl/α,β-unsaturated/α-hetero) is 2. The average molecular weight is 630 g/mol. The molecule has 3 aliphatic heterocycles. The molecule has 4 aliphatic rings. The number of hydrogen-bond donors (Lipinski definition) is 3. The summed E-state index contributed by atoms with van der Waals surface area (Å²) in [6.45, 7) is 11.3. The molecule has 4 atom stereocenters. The molecule has 1 amide bonds. The molecule has 1 aromatic carbocycles. The van der Waals surface area contributed by atoms with E-state index in [1.54, 1.807) is 19.1 Å². The number of aromatic nitrogens is 1. The highest BCUT2D eigenvalue weighted by molar-refractivity contribution is 6.31. The number of phenolic OH excluding ortho intramolecular Hbond substituents is 2. The first-order valence-electron chi connectivity index (χ1n) is 15.7. The summed E-state index contributed by atoms with van der Waals surface area (Å²) < 4.78 is 7.68. The molecule has 6 rings (SSSR count). The van der Waals surface area contributed by atoms with Crippen LogP contribution in [0.4, 0.5) is 0 Å². The summed E-state index contributed by atoms with van der Waals surface area (Å²) in [6, 6.07) is 4.53. The second kappa shape index (κ2) is 11.0. The van der Waals surface area contributed by atoms with Gasteiger partial charge < -0.3 is 29.7 Å². The molecule has 11 heteroatoms. The number of benzene rings is 1. The molecular formula is C35H39N3O8. The minimum Gasteiger partial charge on any atom is -0.507 e. The largest absolute Gasteiger partial charge is 0.507 e. The predicted octanol–water partition coefficient (Wildman–Crippen LogP) is 3.38. The van der Waals surface area contributed by atoms with Crippen molar-refractivity contribution in [3.63, 3.8) is 0 Å². The van der Waals surface area contributed by atoms with Crippen molar-refractivity contribution in [2.45, 2.75) is 78.3 Å². The van der Waals surface area contributed by atoms with Crippen molar-refractivity contribution in [2.24, 2.45) is 11.8 Å². The van der Waals surface area contributed by atoms with Crippen molar-refractivity contribution in [3.8, 4) is 17.2 Å². The summed E-state index contributed by atoms with van der Waals surface area (Å²) in [6.07, 6.45) is 2.51. The van der Waals surface area contributed by atoms with Crippen LogP contribution in [-0.2, 0) is 26.3 Å². The fraction of sp³-hybridized carbons (Fsp3) is 0.457. The van der Waals surface area contributed by atoms with Crippen molar-refractivity contribution >= 4 is 23.3 Å². The van der Waals surface area contributed by atoms with Crippen molar-refractivity contribution in [3.05, 3.63) is 74.0 Å². The Hall–Kier alpha value is -4.67. The SMILES string of the molecule is CC(=O)c1c(O)c(C)c(O)c2c1OC1=CC(=O)C(=C(C)N[C@@H](CC(C)C)C(=O)N3CC4CC(C3)c3cccc(=O)n3C4)C(=O)[C@@]12C. The Morgan fingerprint density at radius 3 is 2.48 bits per heavy atom.